The van der Waals surface area contributed by atoms with Gasteiger partial charge in [0, 0.05) is 17.3 Å². The van der Waals surface area contributed by atoms with E-state index in [1.165, 1.54) is 12.1 Å². The predicted octanol–water partition coefficient (Wildman–Crippen LogP) is 3.72. The maximum absolute atomic E-state index is 12.9. The molecule has 2 aromatic rings. The van der Waals surface area contributed by atoms with Gasteiger partial charge in [0.15, 0.2) is 0 Å². The highest BCUT2D eigenvalue weighted by Gasteiger charge is 2.47. The number of benzene rings is 2. The molecule has 2 N–H and O–H groups in total. The molecule has 1 saturated carbocycles. The van der Waals surface area contributed by atoms with E-state index in [0.717, 1.165) is 11.1 Å². The van der Waals surface area contributed by atoms with Crippen LogP contribution in [0, 0.1) is 24.6 Å². The minimum Gasteiger partial charge on any atom is -0.356 e. The van der Waals surface area contributed by atoms with Gasteiger partial charge >= 0.3 is 0 Å². The topological polar surface area (TPSA) is 58.2 Å². The van der Waals surface area contributed by atoms with Crippen LogP contribution >= 0.6 is 11.6 Å². The Labute approximate surface area is 156 Å². The maximum Gasteiger partial charge on any atom is 0.228 e. The highest BCUT2D eigenvalue weighted by Crippen LogP contribution is 2.39. The van der Waals surface area contributed by atoms with Gasteiger partial charge in [0.2, 0.25) is 11.8 Å². The van der Waals surface area contributed by atoms with Gasteiger partial charge in [-0.05, 0) is 55.2 Å². The van der Waals surface area contributed by atoms with Crippen molar-refractivity contribution in [1.29, 1.82) is 0 Å². The minimum atomic E-state index is -0.306. The standard InChI is InChI=1S/C20H20ClFN2O2/c1-12-17(21)3-2-4-18(12)24-20(26)16-11-15(16)19(25)23-10-9-13-5-7-14(22)8-6-13/h2-8,15-16H,9-11H2,1H3,(H,23,25)(H,24,26). The van der Waals surface area contributed by atoms with E-state index in [-0.39, 0.29) is 29.5 Å². The normalized spacial score (nSPS) is 18.3. The molecule has 0 spiro atoms. The van der Waals surface area contributed by atoms with E-state index < -0.39 is 0 Å². The Balaban J connectivity index is 1.45. The van der Waals surface area contributed by atoms with Gasteiger partial charge < -0.3 is 10.6 Å². The molecule has 0 aromatic heterocycles. The van der Waals surface area contributed by atoms with Crippen molar-refractivity contribution >= 4 is 29.1 Å². The van der Waals surface area contributed by atoms with E-state index >= 15 is 0 Å². The third-order valence-corrected chi connectivity index (χ3v) is 5.03. The number of anilines is 1. The molecule has 0 saturated heterocycles. The van der Waals surface area contributed by atoms with E-state index in [1.54, 1.807) is 30.3 Å². The van der Waals surface area contributed by atoms with Crippen LogP contribution in [0.4, 0.5) is 10.1 Å². The highest BCUT2D eigenvalue weighted by atomic mass is 35.5. The molecule has 2 amide bonds. The van der Waals surface area contributed by atoms with Crippen molar-refractivity contribution in [2.45, 2.75) is 19.8 Å². The number of nitrogens with one attached hydrogen (secondary N) is 2. The molecule has 2 aromatic carbocycles. The number of hydrogen-bond acceptors (Lipinski definition) is 2. The SMILES string of the molecule is Cc1c(Cl)cccc1NC(=O)C1CC1C(=O)NCCc1ccc(F)cc1. The number of carbonyl (C=O) groups excluding carboxylic acids is 2. The predicted molar refractivity (Wildman–Crippen MR) is 99.5 cm³/mol. The molecule has 0 aliphatic heterocycles. The second kappa shape index (κ2) is 7.87. The summed E-state index contributed by atoms with van der Waals surface area (Å²) in [5, 5.41) is 6.28. The molecule has 6 heteroatoms. The molecular formula is C20H20ClFN2O2. The van der Waals surface area contributed by atoms with Gasteiger partial charge in [-0.3, -0.25) is 9.59 Å². The van der Waals surface area contributed by atoms with Crippen molar-refractivity contribution in [2.75, 3.05) is 11.9 Å². The van der Waals surface area contributed by atoms with Crippen LogP contribution in [0.5, 0.6) is 0 Å². The Bertz CT molecular complexity index is 823. The first-order valence-electron chi connectivity index (χ1n) is 8.54. The summed E-state index contributed by atoms with van der Waals surface area (Å²) < 4.78 is 12.9. The van der Waals surface area contributed by atoms with Gasteiger partial charge in [0.25, 0.3) is 0 Å². The minimum absolute atomic E-state index is 0.116. The molecule has 26 heavy (non-hydrogen) atoms. The summed E-state index contributed by atoms with van der Waals surface area (Å²) in [5.41, 5.74) is 2.43. The Hall–Kier alpha value is -2.40. The lowest BCUT2D eigenvalue weighted by molar-refractivity contribution is -0.125. The van der Waals surface area contributed by atoms with E-state index in [1.807, 2.05) is 6.92 Å². The first-order valence-corrected chi connectivity index (χ1v) is 8.91. The van der Waals surface area contributed by atoms with Gasteiger partial charge in [0.05, 0.1) is 11.8 Å². The Kier molecular flexibility index (Phi) is 5.57. The molecule has 3 rings (SSSR count). The van der Waals surface area contributed by atoms with Crippen LogP contribution in [0.2, 0.25) is 5.02 Å². The van der Waals surface area contributed by atoms with E-state index in [9.17, 15) is 14.0 Å². The monoisotopic (exact) mass is 374 g/mol. The molecule has 0 heterocycles. The molecule has 0 radical (unpaired) electrons. The smallest absolute Gasteiger partial charge is 0.228 e. The molecule has 136 valence electrons. The summed E-state index contributed by atoms with van der Waals surface area (Å²) in [6.07, 6.45) is 1.17. The Morgan fingerprint density at radius 1 is 1.12 bits per heavy atom. The number of carbonyl (C=O) groups is 2. The maximum atomic E-state index is 12.9. The lowest BCUT2D eigenvalue weighted by Gasteiger charge is -2.09. The second-order valence-corrected chi connectivity index (χ2v) is 6.93. The Morgan fingerprint density at radius 3 is 2.54 bits per heavy atom. The Morgan fingerprint density at radius 2 is 1.81 bits per heavy atom. The first-order chi connectivity index (χ1) is 12.5. The molecule has 1 aliphatic rings. The largest absolute Gasteiger partial charge is 0.356 e. The molecule has 2 atom stereocenters. The van der Waals surface area contributed by atoms with Gasteiger partial charge in [-0.1, -0.05) is 29.8 Å². The molecule has 1 fully saturated rings. The van der Waals surface area contributed by atoms with Crippen molar-refractivity contribution in [1.82, 2.24) is 5.32 Å². The van der Waals surface area contributed by atoms with E-state index in [2.05, 4.69) is 10.6 Å². The summed E-state index contributed by atoms with van der Waals surface area (Å²) >= 11 is 6.05. The van der Waals surface area contributed by atoms with Crippen molar-refractivity contribution in [3.8, 4) is 0 Å². The summed E-state index contributed by atoms with van der Waals surface area (Å²) in [6.45, 7) is 2.30. The van der Waals surface area contributed by atoms with Crippen molar-refractivity contribution < 1.29 is 14.0 Å². The summed E-state index contributed by atoms with van der Waals surface area (Å²) in [7, 11) is 0. The van der Waals surface area contributed by atoms with Crippen LogP contribution in [0.1, 0.15) is 17.5 Å². The molecule has 1 aliphatic carbocycles. The fourth-order valence-corrected chi connectivity index (χ4v) is 3.03. The third kappa shape index (κ3) is 4.41. The average molecular weight is 375 g/mol. The van der Waals surface area contributed by atoms with Gasteiger partial charge in [-0.25, -0.2) is 4.39 Å². The lowest BCUT2D eigenvalue weighted by Crippen LogP contribution is -2.29. The molecule has 0 bridgehead atoms. The van der Waals surface area contributed by atoms with Gasteiger partial charge in [0.1, 0.15) is 5.82 Å². The zero-order valence-electron chi connectivity index (χ0n) is 14.4. The van der Waals surface area contributed by atoms with E-state index in [0.29, 0.717) is 30.1 Å². The number of amides is 2. The van der Waals surface area contributed by atoms with Crippen LogP contribution < -0.4 is 10.6 Å². The van der Waals surface area contributed by atoms with Crippen LogP contribution in [-0.2, 0) is 16.0 Å². The number of rotatable bonds is 6. The quantitative estimate of drug-likeness (QED) is 0.809. The van der Waals surface area contributed by atoms with Crippen LogP contribution in [0.15, 0.2) is 42.5 Å². The summed E-state index contributed by atoms with van der Waals surface area (Å²) in [6, 6.07) is 11.5. The number of hydrogen-bond donors (Lipinski definition) is 2. The summed E-state index contributed by atoms with van der Waals surface area (Å²) in [5.74, 6) is -1.15. The third-order valence-electron chi connectivity index (χ3n) is 4.62. The summed E-state index contributed by atoms with van der Waals surface area (Å²) in [4.78, 5) is 24.5. The highest BCUT2D eigenvalue weighted by molar-refractivity contribution is 6.31. The fourth-order valence-electron chi connectivity index (χ4n) is 2.86. The van der Waals surface area contributed by atoms with Crippen molar-refractivity contribution in [3.05, 3.63) is 64.4 Å². The molecule has 2 unspecified atom stereocenters. The molecule has 4 nitrogen and oxygen atoms in total. The molecular weight excluding hydrogens is 355 g/mol. The zero-order valence-corrected chi connectivity index (χ0v) is 15.1. The second-order valence-electron chi connectivity index (χ2n) is 6.52. The average Bonchev–Trinajstić information content (AvgIpc) is 3.41. The van der Waals surface area contributed by atoms with Crippen molar-refractivity contribution in [2.24, 2.45) is 11.8 Å². The first kappa shape index (κ1) is 18.4. The van der Waals surface area contributed by atoms with E-state index in [4.69, 9.17) is 11.6 Å². The van der Waals surface area contributed by atoms with Crippen LogP contribution in [0.25, 0.3) is 0 Å². The van der Waals surface area contributed by atoms with Crippen molar-refractivity contribution in [3.63, 3.8) is 0 Å². The zero-order chi connectivity index (χ0) is 18.7. The van der Waals surface area contributed by atoms with Gasteiger partial charge in [-0.15, -0.1) is 0 Å². The fraction of sp³-hybridized carbons (Fsp3) is 0.300. The van der Waals surface area contributed by atoms with Crippen LogP contribution in [0.3, 0.4) is 0 Å². The number of halogens is 2. The van der Waals surface area contributed by atoms with Gasteiger partial charge in [-0.2, -0.15) is 0 Å². The lowest BCUT2D eigenvalue weighted by atomic mass is 10.1. The van der Waals surface area contributed by atoms with Crippen LogP contribution in [-0.4, -0.2) is 18.4 Å².